The van der Waals surface area contributed by atoms with Crippen molar-refractivity contribution >= 4 is 0 Å². The molecule has 0 aliphatic carbocycles. The Kier molecular flexibility index (Phi) is 5.00. The smallest absolute Gasteiger partial charge is 0.0285 e. The van der Waals surface area contributed by atoms with Gasteiger partial charge in [0.05, 0.1) is 0 Å². The molecule has 1 unspecified atom stereocenters. The number of hydrogen-bond donors (Lipinski definition) is 1. The first-order valence-corrected chi connectivity index (χ1v) is 7.63. The van der Waals surface area contributed by atoms with Crippen molar-refractivity contribution in [1.82, 2.24) is 4.90 Å². The van der Waals surface area contributed by atoms with Crippen LogP contribution in [0.2, 0.25) is 0 Å². The molecule has 0 bridgehead atoms. The summed E-state index contributed by atoms with van der Waals surface area (Å²) in [5.74, 6) is 0.682. The molecule has 2 nitrogen and oxygen atoms in total. The minimum absolute atomic E-state index is 0.0133. The van der Waals surface area contributed by atoms with E-state index in [2.05, 4.69) is 49.1 Å². The van der Waals surface area contributed by atoms with Crippen LogP contribution >= 0.6 is 0 Å². The molecule has 2 N–H and O–H groups in total. The van der Waals surface area contributed by atoms with Gasteiger partial charge in [0, 0.05) is 18.6 Å². The van der Waals surface area contributed by atoms with Gasteiger partial charge < -0.3 is 5.73 Å². The van der Waals surface area contributed by atoms with Crippen LogP contribution in [0, 0.1) is 5.92 Å². The standard InChI is InChI=1S/C17H28N2/c1-15(2)12-17(18)10-6-7-11-19(14-17)13-16-8-4-3-5-9-16/h3-5,8-9,15H,6-7,10-14,18H2,1-2H3. The minimum Gasteiger partial charge on any atom is -0.324 e. The molecule has 1 aromatic carbocycles. The highest BCUT2D eigenvalue weighted by Gasteiger charge is 2.30. The van der Waals surface area contributed by atoms with Crippen LogP contribution in [0.25, 0.3) is 0 Å². The summed E-state index contributed by atoms with van der Waals surface area (Å²) in [6, 6.07) is 10.8. The van der Waals surface area contributed by atoms with Gasteiger partial charge in [-0.2, -0.15) is 0 Å². The lowest BCUT2D eigenvalue weighted by Crippen LogP contribution is -2.49. The van der Waals surface area contributed by atoms with E-state index in [0.29, 0.717) is 5.92 Å². The number of rotatable bonds is 4. The monoisotopic (exact) mass is 260 g/mol. The highest BCUT2D eigenvalue weighted by Crippen LogP contribution is 2.26. The van der Waals surface area contributed by atoms with Crippen molar-refractivity contribution in [2.75, 3.05) is 13.1 Å². The van der Waals surface area contributed by atoms with Crippen LogP contribution < -0.4 is 5.73 Å². The van der Waals surface area contributed by atoms with E-state index < -0.39 is 0 Å². The second kappa shape index (κ2) is 6.53. The summed E-state index contributed by atoms with van der Waals surface area (Å²) in [5, 5.41) is 0. The normalized spacial score (nSPS) is 25.5. The van der Waals surface area contributed by atoms with E-state index in [0.717, 1.165) is 19.5 Å². The fraction of sp³-hybridized carbons (Fsp3) is 0.647. The lowest BCUT2D eigenvalue weighted by molar-refractivity contribution is 0.198. The minimum atomic E-state index is 0.0133. The Bertz CT molecular complexity index is 374. The Labute approximate surface area is 118 Å². The third-order valence-electron chi connectivity index (χ3n) is 4.00. The average molecular weight is 260 g/mol. The molecule has 1 fully saturated rings. The van der Waals surface area contributed by atoms with E-state index in [1.807, 2.05) is 0 Å². The van der Waals surface area contributed by atoms with E-state index in [1.165, 1.54) is 31.4 Å². The quantitative estimate of drug-likeness (QED) is 0.899. The summed E-state index contributed by atoms with van der Waals surface area (Å²) in [6.07, 6.45) is 4.87. The summed E-state index contributed by atoms with van der Waals surface area (Å²) >= 11 is 0. The maximum absolute atomic E-state index is 6.66. The molecule has 1 heterocycles. The van der Waals surface area contributed by atoms with Crippen molar-refractivity contribution < 1.29 is 0 Å². The first-order chi connectivity index (χ1) is 9.07. The summed E-state index contributed by atoms with van der Waals surface area (Å²) in [7, 11) is 0. The lowest BCUT2D eigenvalue weighted by atomic mass is 9.85. The molecule has 0 radical (unpaired) electrons. The summed E-state index contributed by atoms with van der Waals surface area (Å²) in [5.41, 5.74) is 8.08. The van der Waals surface area contributed by atoms with Crippen molar-refractivity contribution in [2.24, 2.45) is 11.7 Å². The van der Waals surface area contributed by atoms with Gasteiger partial charge in [0.15, 0.2) is 0 Å². The van der Waals surface area contributed by atoms with E-state index in [1.54, 1.807) is 0 Å². The SMILES string of the molecule is CC(C)CC1(N)CCCCN(Cc2ccccc2)C1. The molecule has 1 aromatic rings. The zero-order valence-corrected chi connectivity index (χ0v) is 12.4. The van der Waals surface area contributed by atoms with Crippen LogP contribution in [0.3, 0.4) is 0 Å². The highest BCUT2D eigenvalue weighted by atomic mass is 15.1. The molecule has 2 rings (SSSR count). The largest absolute Gasteiger partial charge is 0.324 e. The molecule has 0 spiro atoms. The lowest BCUT2D eigenvalue weighted by Gasteiger charge is -2.34. The van der Waals surface area contributed by atoms with Gasteiger partial charge in [-0.1, -0.05) is 50.6 Å². The number of hydrogen-bond acceptors (Lipinski definition) is 2. The van der Waals surface area contributed by atoms with Crippen molar-refractivity contribution in [3.05, 3.63) is 35.9 Å². The van der Waals surface area contributed by atoms with Crippen LogP contribution in [0.15, 0.2) is 30.3 Å². The van der Waals surface area contributed by atoms with Crippen molar-refractivity contribution in [3.8, 4) is 0 Å². The van der Waals surface area contributed by atoms with Crippen LogP contribution in [0.1, 0.15) is 45.1 Å². The van der Waals surface area contributed by atoms with E-state index >= 15 is 0 Å². The van der Waals surface area contributed by atoms with Gasteiger partial charge in [-0.05, 0) is 37.3 Å². The molecule has 1 atom stereocenters. The van der Waals surface area contributed by atoms with Crippen LogP contribution in [-0.4, -0.2) is 23.5 Å². The Morgan fingerprint density at radius 2 is 1.95 bits per heavy atom. The molecule has 19 heavy (non-hydrogen) atoms. The Morgan fingerprint density at radius 3 is 2.63 bits per heavy atom. The fourth-order valence-corrected chi connectivity index (χ4v) is 3.37. The molecule has 106 valence electrons. The number of nitrogens with zero attached hydrogens (tertiary/aromatic N) is 1. The van der Waals surface area contributed by atoms with E-state index in [9.17, 15) is 0 Å². The maximum Gasteiger partial charge on any atom is 0.0285 e. The third-order valence-corrected chi connectivity index (χ3v) is 4.00. The second-order valence-corrected chi connectivity index (χ2v) is 6.61. The maximum atomic E-state index is 6.66. The van der Waals surface area contributed by atoms with Gasteiger partial charge in [-0.3, -0.25) is 4.90 Å². The highest BCUT2D eigenvalue weighted by molar-refractivity contribution is 5.14. The molecule has 2 heteroatoms. The van der Waals surface area contributed by atoms with Crippen molar-refractivity contribution in [3.63, 3.8) is 0 Å². The molecule has 1 aliphatic rings. The molecule has 0 saturated carbocycles. The van der Waals surface area contributed by atoms with Crippen molar-refractivity contribution in [2.45, 2.75) is 51.6 Å². The van der Waals surface area contributed by atoms with Gasteiger partial charge in [0.25, 0.3) is 0 Å². The van der Waals surface area contributed by atoms with E-state index in [4.69, 9.17) is 5.73 Å². The zero-order valence-electron chi connectivity index (χ0n) is 12.4. The number of benzene rings is 1. The predicted molar refractivity (Wildman–Crippen MR) is 81.9 cm³/mol. The van der Waals surface area contributed by atoms with Gasteiger partial charge in [-0.15, -0.1) is 0 Å². The van der Waals surface area contributed by atoms with E-state index in [-0.39, 0.29) is 5.54 Å². The van der Waals surface area contributed by atoms with Crippen LogP contribution in [0.5, 0.6) is 0 Å². The molecule has 1 saturated heterocycles. The third kappa shape index (κ3) is 4.63. The van der Waals surface area contributed by atoms with Crippen LogP contribution in [0.4, 0.5) is 0 Å². The number of likely N-dealkylation sites (tertiary alicyclic amines) is 1. The molecule has 0 aromatic heterocycles. The topological polar surface area (TPSA) is 29.3 Å². The van der Waals surface area contributed by atoms with Crippen LogP contribution in [-0.2, 0) is 6.54 Å². The summed E-state index contributed by atoms with van der Waals surface area (Å²) in [6.45, 7) is 7.83. The Balaban J connectivity index is 2.00. The Hall–Kier alpha value is -0.860. The molecular weight excluding hydrogens is 232 g/mol. The first kappa shape index (κ1) is 14.5. The number of nitrogens with two attached hydrogens (primary N) is 1. The summed E-state index contributed by atoms with van der Waals surface area (Å²) in [4.78, 5) is 2.55. The zero-order chi connectivity index (χ0) is 13.7. The average Bonchev–Trinajstić information content (AvgIpc) is 2.51. The van der Waals surface area contributed by atoms with Gasteiger partial charge in [0.1, 0.15) is 0 Å². The molecular formula is C17H28N2. The Morgan fingerprint density at radius 1 is 1.21 bits per heavy atom. The van der Waals surface area contributed by atoms with Crippen molar-refractivity contribution in [1.29, 1.82) is 0 Å². The predicted octanol–water partition coefficient (Wildman–Crippen LogP) is 3.42. The molecule has 0 amide bonds. The van der Waals surface area contributed by atoms with Gasteiger partial charge in [-0.25, -0.2) is 0 Å². The van der Waals surface area contributed by atoms with Gasteiger partial charge in [0.2, 0.25) is 0 Å². The van der Waals surface area contributed by atoms with Gasteiger partial charge >= 0.3 is 0 Å². The fourth-order valence-electron chi connectivity index (χ4n) is 3.37. The molecule has 1 aliphatic heterocycles. The first-order valence-electron chi connectivity index (χ1n) is 7.63. The summed E-state index contributed by atoms with van der Waals surface area (Å²) < 4.78 is 0. The second-order valence-electron chi connectivity index (χ2n) is 6.61.